The van der Waals surface area contributed by atoms with E-state index in [2.05, 4.69) is 77.8 Å². The second kappa shape index (κ2) is 7.98. The zero-order chi connectivity index (χ0) is 17.3. The Balaban J connectivity index is 0.00000180. The number of fused-ring (bicyclic) bond motifs is 3. The maximum Gasteiger partial charge on any atom is 0.0804 e. The molecule has 1 radical (unpaired) electrons. The van der Waals surface area contributed by atoms with E-state index in [1.54, 1.807) is 0 Å². The summed E-state index contributed by atoms with van der Waals surface area (Å²) in [5.41, 5.74) is 6.41. The van der Waals surface area contributed by atoms with Crippen LogP contribution in [0.15, 0.2) is 97.2 Å². The van der Waals surface area contributed by atoms with Crippen molar-refractivity contribution in [1.29, 1.82) is 0 Å². The second-order valence-corrected chi connectivity index (χ2v) is 6.32. The van der Waals surface area contributed by atoms with Crippen molar-refractivity contribution in [3.05, 3.63) is 97.2 Å². The fourth-order valence-corrected chi connectivity index (χ4v) is 3.44. The Morgan fingerprint density at radius 2 is 1.33 bits per heavy atom. The Morgan fingerprint density at radius 3 is 2.07 bits per heavy atom. The van der Waals surface area contributed by atoms with Gasteiger partial charge in [-0.05, 0) is 29.8 Å². The molecule has 0 aliphatic carbocycles. The summed E-state index contributed by atoms with van der Waals surface area (Å²) < 4.78 is 0. The van der Waals surface area contributed by atoms with Crippen LogP contribution in [0.4, 0.5) is 0 Å². The first-order valence-electron chi connectivity index (χ1n) is 8.69. The summed E-state index contributed by atoms with van der Waals surface area (Å²) in [6.07, 6.45) is 1.82. The first kappa shape index (κ1) is 18.4. The monoisotopic (exact) mass is 485 g/mol. The topological polar surface area (TPSA) is 25.8 Å². The van der Waals surface area contributed by atoms with Crippen LogP contribution < -0.4 is 0 Å². The van der Waals surface area contributed by atoms with Crippen LogP contribution in [0, 0.1) is 49.4 Å². The van der Waals surface area contributed by atoms with E-state index in [9.17, 15) is 0 Å². The fourth-order valence-electron chi connectivity index (χ4n) is 3.44. The van der Waals surface area contributed by atoms with Crippen molar-refractivity contribution in [2.75, 3.05) is 0 Å². The van der Waals surface area contributed by atoms with Gasteiger partial charge in [0, 0.05) is 77.5 Å². The molecule has 129 valence electrons. The van der Waals surface area contributed by atoms with E-state index < -0.39 is 0 Å². The Bertz CT molecular complexity index is 1220. The quantitative estimate of drug-likeness (QED) is 0.282. The molecular weight excluding hydrogens is 468 g/mol. The van der Waals surface area contributed by atoms with Crippen molar-refractivity contribution < 1.29 is 49.4 Å². The summed E-state index contributed by atoms with van der Waals surface area (Å²) in [7, 11) is 0. The first-order chi connectivity index (χ1) is 12.9. The third kappa shape index (κ3) is 3.47. The van der Waals surface area contributed by atoms with Gasteiger partial charge in [-0.25, -0.2) is 4.98 Å². The standard InChI is InChI=1S/C24H16N2.Eu/c1-3-8-17(9-4-1)21-16-19-13-14-22-20(12-7-15-25-22)24(19)26-23(21)18-10-5-2-6-11-18;/h1-16H;. The number of hydrogen-bond acceptors (Lipinski definition) is 2. The predicted octanol–water partition coefficient (Wildman–Crippen LogP) is 6.12. The Kier molecular flexibility index (Phi) is 5.44. The zero-order valence-electron chi connectivity index (χ0n) is 14.5. The maximum absolute atomic E-state index is 5.11. The van der Waals surface area contributed by atoms with Gasteiger partial charge in [-0.2, -0.15) is 0 Å². The van der Waals surface area contributed by atoms with Gasteiger partial charge in [-0.15, -0.1) is 0 Å². The van der Waals surface area contributed by atoms with Crippen molar-refractivity contribution in [3.8, 4) is 22.4 Å². The van der Waals surface area contributed by atoms with E-state index in [1.807, 2.05) is 24.4 Å². The van der Waals surface area contributed by atoms with Crippen molar-refractivity contribution in [2.45, 2.75) is 0 Å². The SMILES string of the molecule is [Eu].c1ccc(-c2cc3ccc4ncccc4c3nc2-c2ccccc2)cc1. The molecule has 0 saturated carbocycles. The van der Waals surface area contributed by atoms with Crippen LogP contribution in [-0.2, 0) is 0 Å². The molecule has 0 spiro atoms. The summed E-state index contributed by atoms with van der Waals surface area (Å²) in [5, 5.41) is 2.21. The molecule has 0 aliphatic heterocycles. The van der Waals surface area contributed by atoms with E-state index in [-0.39, 0.29) is 49.4 Å². The summed E-state index contributed by atoms with van der Waals surface area (Å²) in [6, 6.07) is 31.3. The van der Waals surface area contributed by atoms with Crippen LogP contribution in [0.1, 0.15) is 0 Å². The minimum atomic E-state index is 0. The summed E-state index contributed by atoms with van der Waals surface area (Å²) in [6.45, 7) is 0. The minimum absolute atomic E-state index is 0. The summed E-state index contributed by atoms with van der Waals surface area (Å²) in [5.74, 6) is 0. The van der Waals surface area contributed by atoms with E-state index in [0.717, 1.165) is 38.6 Å². The van der Waals surface area contributed by atoms with Gasteiger partial charge >= 0.3 is 0 Å². The number of rotatable bonds is 2. The smallest absolute Gasteiger partial charge is 0.0804 e. The predicted molar refractivity (Wildman–Crippen MR) is 108 cm³/mol. The number of aromatic nitrogens is 2. The second-order valence-electron chi connectivity index (χ2n) is 6.32. The van der Waals surface area contributed by atoms with Gasteiger partial charge in [0.1, 0.15) is 0 Å². The molecule has 0 fully saturated rings. The van der Waals surface area contributed by atoms with E-state index in [4.69, 9.17) is 4.98 Å². The molecule has 2 aromatic heterocycles. The van der Waals surface area contributed by atoms with Gasteiger partial charge in [0.25, 0.3) is 0 Å². The molecule has 3 heteroatoms. The molecule has 2 nitrogen and oxygen atoms in total. The number of hydrogen-bond donors (Lipinski definition) is 0. The molecule has 5 aromatic rings. The molecule has 0 N–H and O–H groups in total. The maximum atomic E-state index is 5.11. The molecule has 0 atom stereocenters. The van der Waals surface area contributed by atoms with Crippen LogP contribution in [0.3, 0.4) is 0 Å². The van der Waals surface area contributed by atoms with E-state index in [1.165, 1.54) is 5.56 Å². The van der Waals surface area contributed by atoms with E-state index >= 15 is 0 Å². The van der Waals surface area contributed by atoms with Gasteiger partial charge in [0.2, 0.25) is 0 Å². The van der Waals surface area contributed by atoms with Gasteiger partial charge in [-0.3, -0.25) is 4.98 Å². The average molecular weight is 484 g/mol. The number of benzene rings is 3. The molecule has 27 heavy (non-hydrogen) atoms. The molecular formula is C24H16EuN2. The summed E-state index contributed by atoms with van der Waals surface area (Å²) >= 11 is 0. The molecule has 2 heterocycles. The van der Waals surface area contributed by atoms with E-state index in [0.29, 0.717) is 0 Å². The first-order valence-corrected chi connectivity index (χ1v) is 8.69. The Labute approximate surface area is 198 Å². The molecule has 0 amide bonds. The minimum Gasteiger partial charge on any atom is -0.256 e. The third-order valence-corrected chi connectivity index (χ3v) is 4.70. The normalized spacial score (nSPS) is 10.7. The largest absolute Gasteiger partial charge is 0.256 e. The van der Waals surface area contributed by atoms with Gasteiger partial charge < -0.3 is 0 Å². The molecule has 0 saturated heterocycles. The molecule has 0 bridgehead atoms. The Morgan fingerprint density at radius 1 is 0.630 bits per heavy atom. The van der Waals surface area contributed by atoms with Crippen LogP contribution in [0.25, 0.3) is 44.2 Å². The van der Waals surface area contributed by atoms with Crippen molar-refractivity contribution in [1.82, 2.24) is 9.97 Å². The summed E-state index contributed by atoms with van der Waals surface area (Å²) in [4.78, 5) is 9.58. The Hall–Kier alpha value is -1.94. The zero-order valence-corrected chi connectivity index (χ0v) is 16.9. The van der Waals surface area contributed by atoms with Gasteiger partial charge in [0.15, 0.2) is 0 Å². The molecule has 0 unspecified atom stereocenters. The van der Waals surface area contributed by atoms with Crippen LogP contribution in [0.5, 0.6) is 0 Å². The molecule has 0 aliphatic rings. The van der Waals surface area contributed by atoms with Crippen molar-refractivity contribution in [3.63, 3.8) is 0 Å². The van der Waals surface area contributed by atoms with Crippen LogP contribution >= 0.6 is 0 Å². The number of pyridine rings is 2. The van der Waals surface area contributed by atoms with Gasteiger partial charge in [-0.1, -0.05) is 66.7 Å². The fraction of sp³-hybridized carbons (Fsp3) is 0. The third-order valence-electron chi connectivity index (χ3n) is 4.70. The average Bonchev–Trinajstić information content (AvgIpc) is 2.74. The molecule has 3 aromatic carbocycles. The van der Waals surface area contributed by atoms with Gasteiger partial charge in [0.05, 0.1) is 16.7 Å². The van der Waals surface area contributed by atoms with Crippen LogP contribution in [0.2, 0.25) is 0 Å². The van der Waals surface area contributed by atoms with Crippen molar-refractivity contribution in [2.24, 2.45) is 0 Å². The number of nitrogens with zero attached hydrogens (tertiary/aromatic N) is 2. The van der Waals surface area contributed by atoms with Crippen molar-refractivity contribution >= 4 is 21.8 Å². The van der Waals surface area contributed by atoms with Crippen LogP contribution in [-0.4, -0.2) is 9.97 Å². The molecule has 5 rings (SSSR count).